The molecular formula is C12H13N3O. The van der Waals surface area contributed by atoms with Gasteiger partial charge in [-0.3, -0.25) is 4.98 Å². The number of nitrogen functional groups attached to an aromatic ring is 1. The molecule has 0 saturated carbocycles. The standard InChI is InChI=1S/C12H13N3O/c1-8-5-6-14-12(11(8)13)9-3-4-10(16-2)15-7-9/h3-7H,13H2,1-2H3. The Morgan fingerprint density at radius 3 is 2.62 bits per heavy atom. The van der Waals surface area contributed by atoms with Crippen molar-refractivity contribution in [3.63, 3.8) is 0 Å². The zero-order valence-electron chi connectivity index (χ0n) is 9.27. The highest BCUT2D eigenvalue weighted by molar-refractivity contribution is 5.74. The van der Waals surface area contributed by atoms with Crippen LogP contribution in [0.15, 0.2) is 30.6 Å². The fraction of sp³-hybridized carbons (Fsp3) is 0.167. The van der Waals surface area contributed by atoms with E-state index >= 15 is 0 Å². The average molecular weight is 215 g/mol. The first-order chi connectivity index (χ1) is 7.72. The van der Waals surface area contributed by atoms with Crippen molar-refractivity contribution in [3.8, 4) is 17.1 Å². The van der Waals surface area contributed by atoms with Crippen LogP contribution in [0.3, 0.4) is 0 Å². The van der Waals surface area contributed by atoms with Crippen LogP contribution in [0.25, 0.3) is 11.3 Å². The highest BCUT2D eigenvalue weighted by Gasteiger charge is 2.06. The van der Waals surface area contributed by atoms with Crippen molar-refractivity contribution < 1.29 is 4.74 Å². The van der Waals surface area contributed by atoms with Crippen molar-refractivity contribution in [1.82, 2.24) is 9.97 Å². The monoisotopic (exact) mass is 215 g/mol. The first-order valence-electron chi connectivity index (χ1n) is 4.94. The van der Waals surface area contributed by atoms with Crippen LogP contribution >= 0.6 is 0 Å². The normalized spacial score (nSPS) is 10.1. The van der Waals surface area contributed by atoms with Crippen LogP contribution in [0.1, 0.15) is 5.56 Å². The zero-order chi connectivity index (χ0) is 11.5. The van der Waals surface area contributed by atoms with E-state index in [9.17, 15) is 0 Å². The van der Waals surface area contributed by atoms with Crippen molar-refractivity contribution in [2.45, 2.75) is 6.92 Å². The Bertz CT molecular complexity index is 494. The lowest BCUT2D eigenvalue weighted by atomic mass is 10.1. The first kappa shape index (κ1) is 10.4. The van der Waals surface area contributed by atoms with Crippen LogP contribution in [0, 0.1) is 6.92 Å². The van der Waals surface area contributed by atoms with Crippen LogP contribution in [0.2, 0.25) is 0 Å². The number of aromatic nitrogens is 2. The Labute approximate surface area is 94.1 Å². The highest BCUT2D eigenvalue weighted by Crippen LogP contribution is 2.25. The minimum Gasteiger partial charge on any atom is -0.481 e. The lowest BCUT2D eigenvalue weighted by Gasteiger charge is -2.07. The molecule has 4 nitrogen and oxygen atoms in total. The van der Waals surface area contributed by atoms with Crippen LogP contribution in [-0.4, -0.2) is 17.1 Å². The van der Waals surface area contributed by atoms with Crippen molar-refractivity contribution in [2.24, 2.45) is 0 Å². The van der Waals surface area contributed by atoms with Crippen LogP contribution in [0.4, 0.5) is 5.69 Å². The van der Waals surface area contributed by atoms with Crippen molar-refractivity contribution in [1.29, 1.82) is 0 Å². The van der Waals surface area contributed by atoms with Gasteiger partial charge in [0.2, 0.25) is 5.88 Å². The molecule has 2 rings (SSSR count). The molecule has 0 amide bonds. The molecule has 2 heterocycles. The molecule has 0 fully saturated rings. The van der Waals surface area contributed by atoms with Gasteiger partial charge in [-0.15, -0.1) is 0 Å². The van der Waals surface area contributed by atoms with Gasteiger partial charge < -0.3 is 10.5 Å². The summed E-state index contributed by atoms with van der Waals surface area (Å²) in [5.41, 5.74) is 9.32. The summed E-state index contributed by atoms with van der Waals surface area (Å²) in [6.45, 7) is 1.96. The number of ether oxygens (including phenoxy) is 1. The molecule has 2 aromatic rings. The topological polar surface area (TPSA) is 61.0 Å². The molecule has 82 valence electrons. The molecule has 0 bridgehead atoms. The van der Waals surface area contributed by atoms with Gasteiger partial charge in [-0.2, -0.15) is 0 Å². The smallest absolute Gasteiger partial charge is 0.212 e. The van der Waals surface area contributed by atoms with Crippen LogP contribution in [-0.2, 0) is 0 Å². The van der Waals surface area contributed by atoms with Gasteiger partial charge in [-0.1, -0.05) is 0 Å². The largest absolute Gasteiger partial charge is 0.481 e. The second kappa shape index (κ2) is 4.18. The Morgan fingerprint density at radius 2 is 2.00 bits per heavy atom. The summed E-state index contributed by atoms with van der Waals surface area (Å²) in [4.78, 5) is 8.39. The summed E-state index contributed by atoms with van der Waals surface area (Å²) in [6, 6.07) is 5.57. The third-order valence-electron chi connectivity index (χ3n) is 2.43. The van der Waals surface area contributed by atoms with E-state index in [1.165, 1.54) is 0 Å². The number of hydrogen-bond acceptors (Lipinski definition) is 4. The summed E-state index contributed by atoms with van der Waals surface area (Å²) in [5.74, 6) is 0.579. The molecule has 4 heteroatoms. The molecule has 0 aliphatic rings. The molecule has 2 aromatic heterocycles. The van der Waals surface area contributed by atoms with Crippen molar-refractivity contribution in [3.05, 3.63) is 36.2 Å². The van der Waals surface area contributed by atoms with Gasteiger partial charge in [-0.05, 0) is 24.6 Å². The SMILES string of the molecule is COc1ccc(-c2nccc(C)c2N)cn1. The first-order valence-corrected chi connectivity index (χ1v) is 4.94. The highest BCUT2D eigenvalue weighted by atomic mass is 16.5. The third-order valence-corrected chi connectivity index (χ3v) is 2.43. The Morgan fingerprint density at radius 1 is 1.19 bits per heavy atom. The number of hydrogen-bond donors (Lipinski definition) is 1. The second-order valence-corrected chi connectivity index (χ2v) is 3.48. The maximum atomic E-state index is 5.96. The van der Waals surface area contributed by atoms with E-state index in [1.807, 2.05) is 19.1 Å². The summed E-state index contributed by atoms with van der Waals surface area (Å²) in [5, 5.41) is 0. The van der Waals surface area contributed by atoms with Gasteiger partial charge in [0, 0.05) is 24.0 Å². The molecule has 0 atom stereocenters. The molecule has 0 aliphatic carbocycles. The number of pyridine rings is 2. The van der Waals surface area contributed by atoms with Gasteiger partial charge >= 0.3 is 0 Å². The number of nitrogens with zero attached hydrogens (tertiary/aromatic N) is 2. The molecule has 16 heavy (non-hydrogen) atoms. The molecule has 0 aromatic carbocycles. The van der Waals surface area contributed by atoms with Crippen LogP contribution < -0.4 is 10.5 Å². The Kier molecular flexibility index (Phi) is 2.72. The maximum absolute atomic E-state index is 5.96. The number of anilines is 1. The lowest BCUT2D eigenvalue weighted by Crippen LogP contribution is -1.96. The van der Waals surface area contributed by atoms with E-state index in [2.05, 4.69) is 9.97 Å². The third kappa shape index (κ3) is 1.82. The number of rotatable bonds is 2. The number of methoxy groups -OCH3 is 1. The fourth-order valence-corrected chi connectivity index (χ4v) is 1.44. The fourth-order valence-electron chi connectivity index (χ4n) is 1.44. The summed E-state index contributed by atoms with van der Waals surface area (Å²) in [7, 11) is 1.58. The van der Waals surface area contributed by atoms with Crippen LogP contribution in [0.5, 0.6) is 5.88 Å². The minimum atomic E-state index is 0.579. The van der Waals surface area contributed by atoms with E-state index in [-0.39, 0.29) is 0 Å². The second-order valence-electron chi connectivity index (χ2n) is 3.48. The van der Waals surface area contributed by atoms with Crippen molar-refractivity contribution in [2.75, 3.05) is 12.8 Å². The number of aryl methyl sites for hydroxylation is 1. The number of nitrogens with two attached hydrogens (primary N) is 1. The zero-order valence-corrected chi connectivity index (χ0v) is 9.27. The van der Waals surface area contributed by atoms with Crippen molar-refractivity contribution >= 4 is 5.69 Å². The maximum Gasteiger partial charge on any atom is 0.212 e. The van der Waals surface area contributed by atoms with E-state index < -0.39 is 0 Å². The summed E-state index contributed by atoms with van der Waals surface area (Å²) >= 11 is 0. The van der Waals surface area contributed by atoms with Gasteiger partial charge in [0.15, 0.2) is 0 Å². The predicted octanol–water partition coefficient (Wildman–Crippen LogP) is 2.04. The molecule has 0 spiro atoms. The Balaban J connectivity index is 2.46. The summed E-state index contributed by atoms with van der Waals surface area (Å²) in [6.07, 6.45) is 3.45. The average Bonchev–Trinajstić information content (AvgIpc) is 2.33. The van der Waals surface area contributed by atoms with Gasteiger partial charge in [-0.25, -0.2) is 4.98 Å². The molecule has 0 radical (unpaired) electrons. The van der Waals surface area contributed by atoms with Gasteiger partial charge in [0.25, 0.3) is 0 Å². The quantitative estimate of drug-likeness (QED) is 0.832. The molecular weight excluding hydrogens is 202 g/mol. The minimum absolute atomic E-state index is 0.579. The molecule has 0 aliphatic heterocycles. The molecule has 0 unspecified atom stereocenters. The van der Waals surface area contributed by atoms with E-state index in [0.717, 1.165) is 16.8 Å². The Hall–Kier alpha value is -2.10. The lowest BCUT2D eigenvalue weighted by molar-refractivity contribution is 0.398. The predicted molar refractivity (Wildman–Crippen MR) is 63.2 cm³/mol. The van der Waals surface area contributed by atoms with E-state index in [4.69, 9.17) is 10.5 Å². The molecule has 0 saturated heterocycles. The van der Waals surface area contributed by atoms with E-state index in [1.54, 1.807) is 25.6 Å². The van der Waals surface area contributed by atoms with E-state index in [0.29, 0.717) is 11.6 Å². The summed E-state index contributed by atoms with van der Waals surface area (Å²) < 4.78 is 5.00. The van der Waals surface area contributed by atoms with Gasteiger partial charge in [0.1, 0.15) is 0 Å². The molecule has 2 N–H and O–H groups in total. The van der Waals surface area contributed by atoms with Gasteiger partial charge in [0.05, 0.1) is 18.5 Å².